The highest BCUT2D eigenvalue weighted by Crippen LogP contribution is 2.21. The average molecular weight is 414 g/mol. The van der Waals surface area contributed by atoms with Gasteiger partial charge in [-0.2, -0.15) is 0 Å². The minimum atomic E-state index is -0.187. The molecule has 1 unspecified atom stereocenters. The number of hydrogen-bond donors (Lipinski definition) is 2. The fourth-order valence-electron chi connectivity index (χ4n) is 4.30. The smallest absolute Gasteiger partial charge is 0.203 e. The molecule has 4 heteroatoms. The molecule has 0 radical (unpaired) electrons. The Kier molecular flexibility index (Phi) is 6.38. The number of fused-ring (bicyclic) bond motifs is 1. The van der Waals surface area contributed by atoms with Crippen LogP contribution in [0.25, 0.3) is 11.0 Å². The van der Waals surface area contributed by atoms with Gasteiger partial charge in [-0.1, -0.05) is 79.6 Å². The van der Waals surface area contributed by atoms with Gasteiger partial charge in [0.2, 0.25) is 5.62 Å². The summed E-state index contributed by atoms with van der Waals surface area (Å²) in [5.74, 6) is 0. The fourth-order valence-corrected chi connectivity index (χ4v) is 4.30. The first-order valence-electron chi connectivity index (χ1n) is 11.1. The molecule has 0 fully saturated rings. The first-order valence-corrected chi connectivity index (χ1v) is 11.1. The molecule has 160 valence electrons. The fraction of sp³-hybridized carbons (Fsp3) is 0.296. The van der Waals surface area contributed by atoms with Crippen LogP contribution in [0.4, 0.5) is 0 Å². The Morgan fingerprint density at radius 2 is 1.45 bits per heavy atom. The van der Waals surface area contributed by atoms with Crippen LogP contribution in [-0.2, 0) is 19.4 Å². The zero-order valence-electron chi connectivity index (χ0n) is 18.4. The Morgan fingerprint density at radius 3 is 2.10 bits per heavy atom. The summed E-state index contributed by atoms with van der Waals surface area (Å²) < 4.78 is 4.03. The topological polar surface area (TPSA) is 53.9 Å². The Morgan fingerprint density at radius 1 is 0.839 bits per heavy atom. The quantitative estimate of drug-likeness (QED) is 0.419. The predicted octanol–water partition coefficient (Wildman–Crippen LogP) is 5.01. The standard InChI is InChI=1S/C27H31N3O/c1-3-6-21-13-15-23(16-14-21)18-29-25-7-4-5-8-26(25)30(27(29)28)24(19-31)17-22-11-9-20(2)10-12-22/h4-5,7-16,24,28,31H,3,6,17-19H2,1-2H3. The van der Waals surface area contributed by atoms with Gasteiger partial charge in [0.15, 0.2) is 0 Å². The normalized spacial score (nSPS) is 12.4. The zero-order valence-corrected chi connectivity index (χ0v) is 18.4. The second-order valence-corrected chi connectivity index (χ2v) is 8.36. The molecule has 1 aromatic heterocycles. The van der Waals surface area contributed by atoms with Gasteiger partial charge in [0, 0.05) is 0 Å². The van der Waals surface area contributed by atoms with Crippen molar-refractivity contribution < 1.29 is 5.11 Å². The average Bonchev–Trinajstić information content (AvgIpc) is 3.06. The van der Waals surface area contributed by atoms with Crippen LogP contribution in [0.2, 0.25) is 0 Å². The number of nitrogens with zero attached hydrogens (tertiary/aromatic N) is 2. The summed E-state index contributed by atoms with van der Waals surface area (Å²) in [6, 6.07) is 25.1. The number of nitrogens with one attached hydrogen (secondary N) is 1. The molecule has 31 heavy (non-hydrogen) atoms. The van der Waals surface area contributed by atoms with Gasteiger partial charge in [-0.05, 0) is 48.6 Å². The molecule has 0 aliphatic carbocycles. The number of para-hydroxylation sites is 2. The van der Waals surface area contributed by atoms with E-state index in [1.54, 1.807) is 0 Å². The summed E-state index contributed by atoms with van der Waals surface area (Å²) >= 11 is 0. The van der Waals surface area contributed by atoms with Crippen LogP contribution in [0.15, 0.2) is 72.8 Å². The maximum atomic E-state index is 10.2. The van der Waals surface area contributed by atoms with E-state index in [2.05, 4.69) is 68.4 Å². The molecule has 0 bridgehead atoms. The minimum absolute atomic E-state index is 0.00978. The minimum Gasteiger partial charge on any atom is -0.394 e. The second-order valence-electron chi connectivity index (χ2n) is 8.36. The number of benzene rings is 3. The summed E-state index contributed by atoms with van der Waals surface area (Å²) in [5.41, 5.74) is 7.35. The van der Waals surface area contributed by atoms with Crippen molar-refractivity contribution >= 4 is 11.0 Å². The van der Waals surface area contributed by atoms with Gasteiger partial charge in [0.1, 0.15) is 0 Å². The molecule has 4 nitrogen and oxygen atoms in total. The first kappa shape index (κ1) is 21.1. The maximum absolute atomic E-state index is 10.2. The maximum Gasteiger partial charge on any atom is 0.203 e. The molecular formula is C27H31N3O. The lowest BCUT2D eigenvalue weighted by Gasteiger charge is -2.17. The van der Waals surface area contributed by atoms with Crippen LogP contribution in [-0.4, -0.2) is 20.8 Å². The van der Waals surface area contributed by atoms with Crippen molar-refractivity contribution in [2.45, 2.75) is 45.7 Å². The summed E-state index contributed by atoms with van der Waals surface area (Å²) in [6.07, 6.45) is 2.92. The highest BCUT2D eigenvalue weighted by molar-refractivity contribution is 5.76. The van der Waals surface area contributed by atoms with Gasteiger partial charge in [0.05, 0.1) is 30.2 Å². The van der Waals surface area contributed by atoms with E-state index >= 15 is 0 Å². The van der Waals surface area contributed by atoms with Gasteiger partial charge in [-0.25, -0.2) is 0 Å². The van der Waals surface area contributed by atoms with Gasteiger partial charge < -0.3 is 14.2 Å². The molecule has 3 aromatic carbocycles. The molecule has 0 saturated heterocycles. The van der Waals surface area contributed by atoms with Crippen LogP contribution < -0.4 is 5.62 Å². The first-order chi connectivity index (χ1) is 15.1. The van der Waals surface area contributed by atoms with Gasteiger partial charge >= 0.3 is 0 Å². The van der Waals surface area contributed by atoms with Crippen molar-refractivity contribution in [1.29, 1.82) is 5.41 Å². The Bertz CT molecular complexity index is 1200. The third-order valence-electron chi connectivity index (χ3n) is 5.99. The van der Waals surface area contributed by atoms with Gasteiger partial charge in [-0.3, -0.25) is 5.41 Å². The second kappa shape index (κ2) is 9.36. The van der Waals surface area contributed by atoms with E-state index in [-0.39, 0.29) is 12.6 Å². The van der Waals surface area contributed by atoms with Crippen LogP contribution in [0.5, 0.6) is 0 Å². The van der Waals surface area contributed by atoms with E-state index in [0.717, 1.165) is 23.9 Å². The van der Waals surface area contributed by atoms with Crippen LogP contribution in [0.1, 0.15) is 41.6 Å². The highest BCUT2D eigenvalue weighted by atomic mass is 16.3. The molecule has 4 rings (SSSR count). The molecular weight excluding hydrogens is 382 g/mol. The van der Waals surface area contributed by atoms with Crippen molar-refractivity contribution in [2.24, 2.45) is 0 Å². The Hall–Kier alpha value is -3.11. The lowest BCUT2D eigenvalue weighted by molar-refractivity contribution is 0.225. The number of imidazole rings is 1. The highest BCUT2D eigenvalue weighted by Gasteiger charge is 2.19. The third-order valence-corrected chi connectivity index (χ3v) is 5.99. The number of rotatable bonds is 8. The number of aryl methyl sites for hydroxylation is 2. The molecule has 1 heterocycles. The lowest BCUT2D eigenvalue weighted by Crippen LogP contribution is -2.30. The van der Waals surface area contributed by atoms with E-state index in [1.165, 1.54) is 22.3 Å². The van der Waals surface area contributed by atoms with E-state index < -0.39 is 0 Å². The van der Waals surface area contributed by atoms with Crippen LogP contribution >= 0.6 is 0 Å². The van der Waals surface area contributed by atoms with E-state index in [1.807, 2.05) is 27.3 Å². The molecule has 0 amide bonds. The van der Waals surface area contributed by atoms with E-state index in [4.69, 9.17) is 5.41 Å². The SMILES string of the molecule is CCCc1ccc(Cn2c(=N)n(C(CO)Cc3ccc(C)cc3)c3ccccc32)cc1. The zero-order chi connectivity index (χ0) is 21.8. The van der Waals surface area contributed by atoms with Gasteiger partial charge in [-0.15, -0.1) is 0 Å². The Balaban J connectivity index is 1.71. The number of hydrogen-bond acceptors (Lipinski definition) is 2. The number of aromatic nitrogens is 2. The molecule has 1 atom stereocenters. The van der Waals surface area contributed by atoms with Crippen molar-refractivity contribution in [3.63, 3.8) is 0 Å². The monoisotopic (exact) mass is 413 g/mol. The largest absolute Gasteiger partial charge is 0.394 e. The lowest BCUT2D eigenvalue weighted by atomic mass is 10.0. The molecule has 4 aromatic rings. The summed E-state index contributed by atoms with van der Waals surface area (Å²) in [4.78, 5) is 0. The van der Waals surface area contributed by atoms with Crippen LogP contribution in [0.3, 0.4) is 0 Å². The molecule has 0 aliphatic rings. The molecule has 2 N–H and O–H groups in total. The van der Waals surface area contributed by atoms with Gasteiger partial charge in [0.25, 0.3) is 0 Å². The summed E-state index contributed by atoms with van der Waals surface area (Å²) in [5, 5.41) is 19.2. The molecule has 0 aliphatic heterocycles. The number of aliphatic hydroxyl groups excluding tert-OH is 1. The molecule has 0 saturated carbocycles. The third kappa shape index (κ3) is 4.49. The van der Waals surface area contributed by atoms with E-state index in [0.29, 0.717) is 18.6 Å². The van der Waals surface area contributed by atoms with Crippen molar-refractivity contribution in [3.05, 3.63) is 101 Å². The summed E-state index contributed by atoms with van der Waals surface area (Å²) in [6.45, 7) is 4.90. The number of aliphatic hydroxyl groups is 1. The van der Waals surface area contributed by atoms with Crippen molar-refractivity contribution in [3.8, 4) is 0 Å². The molecule has 0 spiro atoms. The summed E-state index contributed by atoms with van der Waals surface area (Å²) in [7, 11) is 0. The predicted molar refractivity (Wildman–Crippen MR) is 126 cm³/mol. The Labute approximate surface area is 183 Å². The van der Waals surface area contributed by atoms with Crippen LogP contribution in [0, 0.1) is 12.3 Å². The van der Waals surface area contributed by atoms with Crippen molar-refractivity contribution in [1.82, 2.24) is 9.13 Å². The van der Waals surface area contributed by atoms with E-state index in [9.17, 15) is 5.11 Å². The van der Waals surface area contributed by atoms with Crippen molar-refractivity contribution in [2.75, 3.05) is 6.61 Å².